The average Bonchev–Trinajstić information content (AvgIpc) is 1.96. The summed E-state index contributed by atoms with van der Waals surface area (Å²) >= 11 is 0. The molecule has 0 saturated carbocycles. The van der Waals surface area contributed by atoms with Gasteiger partial charge in [-0.25, -0.2) is 0 Å². The van der Waals surface area contributed by atoms with Crippen LogP contribution >= 0.6 is 0 Å². The molecule has 1 saturated heterocycles. The van der Waals surface area contributed by atoms with Crippen LogP contribution in [0.15, 0.2) is 0 Å². The van der Waals surface area contributed by atoms with Crippen molar-refractivity contribution < 1.29 is 0 Å². The number of nitrogens with one attached hydrogen (secondary N) is 2. The van der Waals surface area contributed by atoms with E-state index in [0.29, 0.717) is 18.2 Å². The van der Waals surface area contributed by atoms with Crippen LogP contribution in [-0.4, -0.2) is 18.2 Å². The lowest BCUT2D eigenvalue weighted by atomic mass is 9.85. The molecule has 0 aliphatic carbocycles. The van der Waals surface area contributed by atoms with E-state index in [0.717, 1.165) is 11.8 Å². The SMILES string of the molecule is CC1NC(C)C(C)C(C(C)C)N1. The van der Waals surface area contributed by atoms with Gasteiger partial charge >= 0.3 is 0 Å². The minimum atomic E-state index is 0.462. The first-order chi connectivity index (χ1) is 5.52. The molecule has 0 aromatic carbocycles. The maximum Gasteiger partial charge on any atom is 0.0546 e. The zero-order chi connectivity index (χ0) is 9.30. The lowest BCUT2D eigenvalue weighted by Crippen LogP contribution is -2.62. The van der Waals surface area contributed by atoms with E-state index < -0.39 is 0 Å². The maximum absolute atomic E-state index is 3.58. The largest absolute Gasteiger partial charge is 0.299 e. The third-order valence-electron chi connectivity index (χ3n) is 3.03. The van der Waals surface area contributed by atoms with Crippen molar-refractivity contribution in [3.8, 4) is 0 Å². The Labute approximate surface area is 76.1 Å². The van der Waals surface area contributed by atoms with Crippen molar-refractivity contribution in [1.29, 1.82) is 0 Å². The fourth-order valence-corrected chi connectivity index (χ4v) is 2.15. The summed E-state index contributed by atoms with van der Waals surface area (Å²) in [6, 6.07) is 1.30. The Morgan fingerprint density at radius 1 is 1.00 bits per heavy atom. The van der Waals surface area contributed by atoms with E-state index in [9.17, 15) is 0 Å². The summed E-state index contributed by atoms with van der Waals surface area (Å²) in [5.74, 6) is 1.45. The number of hydrogen-bond acceptors (Lipinski definition) is 2. The van der Waals surface area contributed by atoms with Crippen LogP contribution < -0.4 is 10.6 Å². The van der Waals surface area contributed by atoms with Crippen molar-refractivity contribution in [2.45, 2.75) is 52.9 Å². The van der Waals surface area contributed by atoms with Gasteiger partial charge in [0.05, 0.1) is 6.17 Å². The molecule has 1 fully saturated rings. The highest BCUT2D eigenvalue weighted by Crippen LogP contribution is 2.20. The molecule has 4 unspecified atom stereocenters. The third-order valence-corrected chi connectivity index (χ3v) is 3.03. The van der Waals surface area contributed by atoms with Crippen LogP contribution in [0.25, 0.3) is 0 Å². The molecule has 1 aliphatic rings. The Kier molecular flexibility index (Phi) is 3.13. The van der Waals surface area contributed by atoms with E-state index in [2.05, 4.69) is 45.3 Å². The van der Waals surface area contributed by atoms with Gasteiger partial charge in [0.25, 0.3) is 0 Å². The standard InChI is InChI=1S/C10H22N2/c1-6(2)10-7(3)8(4)11-9(5)12-10/h6-12H,1-5H3. The molecular weight excluding hydrogens is 148 g/mol. The van der Waals surface area contributed by atoms with Crippen LogP contribution in [0.5, 0.6) is 0 Å². The highest BCUT2D eigenvalue weighted by atomic mass is 15.2. The summed E-state index contributed by atoms with van der Waals surface area (Å²) in [5, 5.41) is 7.09. The van der Waals surface area contributed by atoms with Gasteiger partial charge in [0.15, 0.2) is 0 Å². The molecule has 0 bridgehead atoms. The normalized spacial score (nSPS) is 43.5. The third kappa shape index (κ3) is 1.99. The average molecular weight is 170 g/mol. The molecule has 1 heterocycles. The highest BCUT2D eigenvalue weighted by molar-refractivity contribution is 4.89. The Bertz CT molecular complexity index is 145. The second-order valence-electron chi connectivity index (χ2n) is 4.47. The Morgan fingerprint density at radius 2 is 1.58 bits per heavy atom. The molecule has 0 aromatic rings. The summed E-state index contributed by atoms with van der Waals surface area (Å²) in [5.41, 5.74) is 0. The van der Waals surface area contributed by atoms with E-state index in [1.54, 1.807) is 0 Å². The predicted molar refractivity (Wildman–Crippen MR) is 53.0 cm³/mol. The molecule has 2 nitrogen and oxygen atoms in total. The molecule has 0 radical (unpaired) electrons. The van der Waals surface area contributed by atoms with E-state index in [4.69, 9.17) is 0 Å². The van der Waals surface area contributed by atoms with Gasteiger partial charge < -0.3 is 0 Å². The summed E-state index contributed by atoms with van der Waals surface area (Å²) in [6.07, 6.45) is 0.462. The maximum atomic E-state index is 3.58. The minimum Gasteiger partial charge on any atom is -0.299 e. The van der Waals surface area contributed by atoms with Crippen molar-refractivity contribution in [2.24, 2.45) is 11.8 Å². The molecular formula is C10H22N2. The van der Waals surface area contributed by atoms with Crippen LogP contribution in [0.4, 0.5) is 0 Å². The molecule has 0 amide bonds. The summed E-state index contributed by atoms with van der Waals surface area (Å²) in [4.78, 5) is 0. The van der Waals surface area contributed by atoms with Crippen molar-refractivity contribution in [3.05, 3.63) is 0 Å². The Morgan fingerprint density at radius 3 is 2.08 bits per heavy atom. The van der Waals surface area contributed by atoms with Gasteiger partial charge in [0.2, 0.25) is 0 Å². The molecule has 12 heavy (non-hydrogen) atoms. The molecule has 2 heteroatoms. The molecule has 1 aliphatic heterocycles. The van der Waals surface area contributed by atoms with Gasteiger partial charge in [0, 0.05) is 12.1 Å². The predicted octanol–water partition coefficient (Wildman–Crippen LogP) is 1.57. The smallest absolute Gasteiger partial charge is 0.0546 e. The van der Waals surface area contributed by atoms with Crippen molar-refractivity contribution in [1.82, 2.24) is 10.6 Å². The molecule has 0 aromatic heterocycles. The molecule has 4 atom stereocenters. The zero-order valence-electron chi connectivity index (χ0n) is 8.89. The quantitative estimate of drug-likeness (QED) is 0.624. The van der Waals surface area contributed by atoms with Gasteiger partial charge in [-0.05, 0) is 25.7 Å². The van der Waals surface area contributed by atoms with Gasteiger partial charge in [0.1, 0.15) is 0 Å². The van der Waals surface area contributed by atoms with E-state index >= 15 is 0 Å². The molecule has 1 rings (SSSR count). The summed E-state index contributed by atoms with van der Waals surface area (Å²) in [6.45, 7) is 11.4. The van der Waals surface area contributed by atoms with E-state index in [1.165, 1.54) is 0 Å². The van der Waals surface area contributed by atoms with Gasteiger partial charge in [-0.1, -0.05) is 20.8 Å². The lowest BCUT2D eigenvalue weighted by molar-refractivity contribution is 0.157. The number of rotatable bonds is 1. The summed E-state index contributed by atoms with van der Waals surface area (Å²) < 4.78 is 0. The van der Waals surface area contributed by atoms with Crippen LogP contribution in [-0.2, 0) is 0 Å². The van der Waals surface area contributed by atoms with Crippen LogP contribution in [0.1, 0.15) is 34.6 Å². The van der Waals surface area contributed by atoms with Gasteiger partial charge in [-0.3, -0.25) is 10.6 Å². The van der Waals surface area contributed by atoms with Crippen molar-refractivity contribution in [2.75, 3.05) is 0 Å². The monoisotopic (exact) mass is 170 g/mol. The second kappa shape index (κ2) is 3.75. The number of hydrogen-bond donors (Lipinski definition) is 2. The zero-order valence-corrected chi connectivity index (χ0v) is 8.89. The topological polar surface area (TPSA) is 24.1 Å². The fourth-order valence-electron chi connectivity index (χ4n) is 2.15. The van der Waals surface area contributed by atoms with Crippen LogP contribution in [0.3, 0.4) is 0 Å². The first-order valence-electron chi connectivity index (χ1n) is 5.04. The minimum absolute atomic E-state index is 0.462. The van der Waals surface area contributed by atoms with Crippen molar-refractivity contribution >= 4 is 0 Å². The van der Waals surface area contributed by atoms with Gasteiger partial charge in [-0.15, -0.1) is 0 Å². The Hall–Kier alpha value is -0.0800. The van der Waals surface area contributed by atoms with E-state index in [-0.39, 0.29) is 0 Å². The van der Waals surface area contributed by atoms with E-state index in [1.807, 2.05) is 0 Å². The lowest BCUT2D eigenvalue weighted by Gasteiger charge is -2.42. The van der Waals surface area contributed by atoms with Gasteiger partial charge in [-0.2, -0.15) is 0 Å². The molecule has 2 N–H and O–H groups in total. The molecule has 0 spiro atoms. The first kappa shape index (κ1) is 10.0. The summed E-state index contributed by atoms with van der Waals surface area (Å²) in [7, 11) is 0. The Balaban J connectivity index is 2.60. The fraction of sp³-hybridized carbons (Fsp3) is 1.00. The van der Waals surface area contributed by atoms with Crippen LogP contribution in [0, 0.1) is 11.8 Å². The second-order valence-corrected chi connectivity index (χ2v) is 4.47. The first-order valence-corrected chi connectivity index (χ1v) is 5.04. The van der Waals surface area contributed by atoms with Crippen molar-refractivity contribution in [3.63, 3.8) is 0 Å². The highest BCUT2D eigenvalue weighted by Gasteiger charge is 2.31. The molecule has 72 valence electrons. The van der Waals surface area contributed by atoms with Crippen LogP contribution in [0.2, 0.25) is 0 Å².